The summed E-state index contributed by atoms with van der Waals surface area (Å²) in [5.41, 5.74) is 3.74. The lowest BCUT2D eigenvalue weighted by Crippen LogP contribution is -2.32. The molecule has 0 fully saturated rings. The van der Waals surface area contributed by atoms with Crippen LogP contribution >= 0.6 is 11.6 Å². The van der Waals surface area contributed by atoms with Gasteiger partial charge in [0, 0.05) is 16.9 Å². The molecule has 0 spiro atoms. The van der Waals surface area contributed by atoms with Crippen LogP contribution in [0.2, 0.25) is 0 Å². The summed E-state index contributed by atoms with van der Waals surface area (Å²) in [6.07, 6.45) is 0.912. The Bertz CT molecular complexity index is 1350. The SMILES string of the molecule is CCc1ccc(NC(=O)c2cccc(NC3=C(Cl)C(=O)N(c4cc(C)ccc4OC)C3=O)c2)cc1. The second-order valence-electron chi connectivity index (χ2n) is 8.02. The fraction of sp³-hybridized carbons (Fsp3) is 0.148. The molecule has 0 atom stereocenters. The summed E-state index contributed by atoms with van der Waals surface area (Å²) in [5, 5.41) is 5.52. The number of nitrogens with zero attached hydrogens (tertiary/aromatic N) is 1. The van der Waals surface area contributed by atoms with Crippen LogP contribution in [0, 0.1) is 6.92 Å². The van der Waals surface area contributed by atoms with Crippen LogP contribution in [-0.2, 0) is 16.0 Å². The lowest BCUT2D eigenvalue weighted by atomic mass is 10.1. The highest BCUT2D eigenvalue weighted by Gasteiger charge is 2.40. The third-order valence-electron chi connectivity index (χ3n) is 5.62. The average Bonchev–Trinajstić information content (AvgIpc) is 3.07. The van der Waals surface area contributed by atoms with Crippen molar-refractivity contribution in [2.45, 2.75) is 20.3 Å². The van der Waals surface area contributed by atoms with E-state index in [9.17, 15) is 14.4 Å². The van der Waals surface area contributed by atoms with E-state index in [-0.39, 0.29) is 16.6 Å². The van der Waals surface area contributed by atoms with Gasteiger partial charge in [-0.3, -0.25) is 14.4 Å². The van der Waals surface area contributed by atoms with E-state index >= 15 is 0 Å². The van der Waals surface area contributed by atoms with Crippen molar-refractivity contribution in [1.82, 2.24) is 0 Å². The van der Waals surface area contributed by atoms with Crippen LogP contribution in [0.1, 0.15) is 28.4 Å². The number of amides is 3. The van der Waals surface area contributed by atoms with E-state index in [4.69, 9.17) is 16.3 Å². The first kappa shape index (κ1) is 24.0. The molecule has 35 heavy (non-hydrogen) atoms. The van der Waals surface area contributed by atoms with Crippen molar-refractivity contribution in [3.8, 4) is 5.75 Å². The number of carbonyl (C=O) groups is 3. The van der Waals surface area contributed by atoms with Crippen molar-refractivity contribution in [3.63, 3.8) is 0 Å². The van der Waals surface area contributed by atoms with Crippen molar-refractivity contribution in [1.29, 1.82) is 0 Å². The number of carbonyl (C=O) groups excluding carboxylic acids is 3. The number of anilines is 3. The summed E-state index contributed by atoms with van der Waals surface area (Å²) in [7, 11) is 1.46. The van der Waals surface area contributed by atoms with E-state index in [1.54, 1.807) is 36.4 Å². The zero-order valence-electron chi connectivity index (χ0n) is 19.5. The minimum absolute atomic E-state index is 0.0760. The first-order chi connectivity index (χ1) is 16.8. The fourth-order valence-electron chi connectivity index (χ4n) is 3.71. The van der Waals surface area contributed by atoms with Crippen LogP contribution in [0.5, 0.6) is 5.75 Å². The van der Waals surface area contributed by atoms with Crippen molar-refractivity contribution >= 4 is 46.4 Å². The maximum Gasteiger partial charge on any atom is 0.283 e. The lowest BCUT2D eigenvalue weighted by Gasteiger charge is -2.18. The molecule has 3 amide bonds. The molecule has 2 N–H and O–H groups in total. The molecule has 178 valence electrons. The standard InChI is InChI=1S/C27H24ClN3O4/c1-4-17-9-11-19(12-10-17)30-25(32)18-6-5-7-20(15-18)29-24-23(28)26(33)31(27(24)34)21-14-16(2)8-13-22(21)35-3/h5-15,29H,4H2,1-3H3,(H,30,32). The van der Waals surface area contributed by atoms with Gasteiger partial charge in [0.05, 0.1) is 12.8 Å². The molecule has 0 unspecified atom stereocenters. The van der Waals surface area contributed by atoms with Gasteiger partial charge in [0.1, 0.15) is 16.5 Å². The Morgan fingerprint density at radius 2 is 1.71 bits per heavy atom. The Hall–Kier alpha value is -4.10. The van der Waals surface area contributed by atoms with Gasteiger partial charge in [-0.1, -0.05) is 42.8 Å². The van der Waals surface area contributed by atoms with Crippen LogP contribution < -0.4 is 20.3 Å². The van der Waals surface area contributed by atoms with E-state index in [0.717, 1.165) is 16.9 Å². The molecule has 3 aromatic carbocycles. The minimum atomic E-state index is -0.660. The molecule has 8 heteroatoms. The first-order valence-corrected chi connectivity index (χ1v) is 11.4. The van der Waals surface area contributed by atoms with E-state index < -0.39 is 11.8 Å². The van der Waals surface area contributed by atoms with Crippen molar-refractivity contribution in [2.24, 2.45) is 0 Å². The molecule has 3 aromatic rings. The molecule has 1 aliphatic heterocycles. The van der Waals surface area contributed by atoms with E-state index in [1.165, 1.54) is 12.7 Å². The summed E-state index contributed by atoms with van der Waals surface area (Å²) < 4.78 is 5.33. The molecule has 1 heterocycles. The molecule has 4 rings (SSSR count). The highest BCUT2D eigenvalue weighted by Crippen LogP contribution is 2.36. The summed E-state index contributed by atoms with van der Waals surface area (Å²) >= 11 is 6.27. The third-order valence-corrected chi connectivity index (χ3v) is 5.97. The largest absolute Gasteiger partial charge is 0.495 e. The maximum atomic E-state index is 13.2. The molecule has 1 aliphatic rings. The Kier molecular flexibility index (Phi) is 6.89. The monoisotopic (exact) mass is 489 g/mol. The zero-order valence-corrected chi connectivity index (χ0v) is 20.3. The molecule has 0 aliphatic carbocycles. The van der Waals surface area contributed by atoms with Crippen LogP contribution in [-0.4, -0.2) is 24.8 Å². The fourth-order valence-corrected chi connectivity index (χ4v) is 3.93. The Morgan fingerprint density at radius 1 is 0.971 bits per heavy atom. The van der Waals surface area contributed by atoms with Gasteiger partial charge in [-0.15, -0.1) is 0 Å². The van der Waals surface area contributed by atoms with Crippen molar-refractivity contribution in [2.75, 3.05) is 22.6 Å². The number of hydrogen-bond donors (Lipinski definition) is 2. The van der Waals surface area contributed by atoms with Crippen molar-refractivity contribution in [3.05, 3.63) is 94.1 Å². The number of rotatable bonds is 7. The Labute approximate surface area is 208 Å². The molecule has 0 aromatic heterocycles. The highest BCUT2D eigenvalue weighted by atomic mass is 35.5. The summed E-state index contributed by atoms with van der Waals surface area (Å²) in [6, 6.07) is 19.4. The quantitative estimate of drug-likeness (QED) is 0.442. The molecule has 0 bridgehead atoms. The Morgan fingerprint density at radius 3 is 2.40 bits per heavy atom. The number of nitrogens with one attached hydrogen (secondary N) is 2. The first-order valence-electron chi connectivity index (χ1n) is 11.0. The van der Waals surface area contributed by atoms with Gasteiger partial charge in [-0.05, 0) is 66.9 Å². The van der Waals surface area contributed by atoms with Gasteiger partial charge < -0.3 is 15.4 Å². The summed E-state index contributed by atoms with van der Waals surface area (Å²) in [4.78, 5) is 39.8. The van der Waals surface area contributed by atoms with E-state index in [1.807, 2.05) is 37.3 Å². The van der Waals surface area contributed by atoms with Gasteiger partial charge in [0.2, 0.25) is 0 Å². The molecule has 0 radical (unpaired) electrons. The predicted molar refractivity (Wildman–Crippen MR) is 137 cm³/mol. The lowest BCUT2D eigenvalue weighted by molar-refractivity contribution is -0.120. The summed E-state index contributed by atoms with van der Waals surface area (Å²) in [5.74, 6) is -1.21. The summed E-state index contributed by atoms with van der Waals surface area (Å²) in [6.45, 7) is 3.91. The van der Waals surface area contributed by atoms with Gasteiger partial charge in [0.15, 0.2) is 0 Å². The minimum Gasteiger partial charge on any atom is -0.495 e. The number of aryl methyl sites for hydroxylation is 2. The number of benzene rings is 3. The van der Waals surface area contributed by atoms with Gasteiger partial charge in [0.25, 0.3) is 17.7 Å². The second-order valence-corrected chi connectivity index (χ2v) is 8.40. The van der Waals surface area contributed by atoms with E-state index in [0.29, 0.717) is 28.4 Å². The van der Waals surface area contributed by atoms with Crippen LogP contribution in [0.25, 0.3) is 0 Å². The molecular weight excluding hydrogens is 466 g/mol. The molecular formula is C27H24ClN3O4. The zero-order chi connectivity index (χ0) is 25.1. The number of hydrogen-bond acceptors (Lipinski definition) is 5. The Balaban J connectivity index is 1.55. The number of halogens is 1. The highest BCUT2D eigenvalue weighted by molar-refractivity contribution is 6.53. The van der Waals surface area contributed by atoms with Crippen LogP contribution in [0.4, 0.5) is 17.1 Å². The normalized spacial score (nSPS) is 13.3. The second kappa shape index (κ2) is 10.0. The number of methoxy groups -OCH3 is 1. The topological polar surface area (TPSA) is 87.7 Å². The number of imide groups is 1. The van der Waals surface area contributed by atoms with Gasteiger partial charge >= 0.3 is 0 Å². The third kappa shape index (κ3) is 4.90. The van der Waals surface area contributed by atoms with Gasteiger partial charge in [-0.25, -0.2) is 4.90 Å². The predicted octanol–water partition coefficient (Wildman–Crippen LogP) is 5.25. The smallest absolute Gasteiger partial charge is 0.283 e. The van der Waals surface area contributed by atoms with E-state index in [2.05, 4.69) is 17.6 Å². The molecule has 0 saturated carbocycles. The maximum absolute atomic E-state index is 13.2. The van der Waals surface area contributed by atoms with Crippen molar-refractivity contribution < 1.29 is 19.1 Å². The molecule has 0 saturated heterocycles. The van der Waals surface area contributed by atoms with Crippen LogP contribution in [0.3, 0.4) is 0 Å². The van der Waals surface area contributed by atoms with Crippen LogP contribution in [0.15, 0.2) is 77.5 Å². The van der Waals surface area contributed by atoms with Gasteiger partial charge in [-0.2, -0.15) is 0 Å². The average molecular weight is 490 g/mol. The molecule has 7 nitrogen and oxygen atoms in total. The number of ether oxygens (including phenoxy) is 1.